The van der Waals surface area contributed by atoms with Gasteiger partial charge in [0.05, 0.1) is 10.0 Å². The van der Waals surface area contributed by atoms with Crippen LogP contribution in [0.3, 0.4) is 0 Å². The number of carbonyl (C=O) groups is 1. The predicted molar refractivity (Wildman–Crippen MR) is 148 cm³/mol. The smallest absolute Gasteiger partial charge is 0.287 e. The molecule has 1 amide bonds. The van der Waals surface area contributed by atoms with Crippen molar-refractivity contribution in [2.45, 2.75) is 38.3 Å². The minimum Gasteiger partial charge on any atom is -0.361 e. The monoisotopic (exact) mass is 536 g/mol. The lowest BCUT2D eigenvalue weighted by Gasteiger charge is -2.32. The fraction of sp³-hybridized carbons (Fsp3) is 0.241. The highest BCUT2D eigenvalue weighted by molar-refractivity contribution is 6.42. The highest BCUT2D eigenvalue weighted by Gasteiger charge is 2.27. The lowest BCUT2D eigenvalue weighted by molar-refractivity contribution is 0.0923. The van der Waals surface area contributed by atoms with Crippen molar-refractivity contribution in [1.82, 2.24) is 21.3 Å². The molecule has 0 fully saturated rings. The minimum absolute atomic E-state index is 0.267. The van der Waals surface area contributed by atoms with E-state index in [0.717, 1.165) is 18.4 Å². The standard InChI is InChI=1S/C17H17Cl2N.C12H13N3O2/c1-20-17-9-7-12(13-4-2-3-5-14(13)17)11-6-8-15(18)16(19)10-11;1-9-7-11(15-17-9)12(16)14-13-8-10-5-3-2-4-6-10/h2-6,8,10,12,17,20H,7,9H2,1H3;2-7,13H,8H2,1H3,(H,14,16)/t12-,17-;/m0./s1. The first-order valence-corrected chi connectivity index (χ1v) is 12.9. The summed E-state index contributed by atoms with van der Waals surface area (Å²) in [4.78, 5) is 11.6. The molecule has 0 radical (unpaired) electrons. The molecule has 0 spiro atoms. The van der Waals surface area contributed by atoms with Gasteiger partial charge in [0.15, 0.2) is 5.69 Å². The van der Waals surface area contributed by atoms with Gasteiger partial charge < -0.3 is 9.84 Å². The Balaban J connectivity index is 0.000000176. The number of carbonyl (C=O) groups excluding carboxylic acids is 1. The van der Waals surface area contributed by atoms with Crippen LogP contribution in [0.5, 0.6) is 0 Å². The molecule has 1 aliphatic carbocycles. The third kappa shape index (κ3) is 6.99. The molecule has 5 rings (SSSR count). The van der Waals surface area contributed by atoms with E-state index in [-0.39, 0.29) is 11.6 Å². The first-order valence-electron chi connectivity index (χ1n) is 12.2. The van der Waals surface area contributed by atoms with Gasteiger partial charge in [-0.3, -0.25) is 10.2 Å². The summed E-state index contributed by atoms with van der Waals surface area (Å²) in [5.41, 5.74) is 10.8. The van der Waals surface area contributed by atoms with Crippen molar-refractivity contribution in [2.24, 2.45) is 0 Å². The van der Waals surface area contributed by atoms with Gasteiger partial charge in [0.25, 0.3) is 5.91 Å². The number of aromatic nitrogens is 1. The Bertz CT molecular complexity index is 1330. The number of benzene rings is 3. The van der Waals surface area contributed by atoms with Gasteiger partial charge in [-0.25, -0.2) is 5.43 Å². The Morgan fingerprint density at radius 2 is 1.68 bits per heavy atom. The van der Waals surface area contributed by atoms with E-state index < -0.39 is 0 Å². The zero-order chi connectivity index (χ0) is 26.2. The van der Waals surface area contributed by atoms with E-state index >= 15 is 0 Å². The van der Waals surface area contributed by atoms with E-state index in [1.165, 1.54) is 16.7 Å². The van der Waals surface area contributed by atoms with Gasteiger partial charge in [-0.05, 0) is 61.2 Å². The van der Waals surface area contributed by atoms with Gasteiger partial charge in [-0.2, -0.15) is 0 Å². The van der Waals surface area contributed by atoms with E-state index in [9.17, 15) is 4.79 Å². The number of nitrogens with one attached hydrogen (secondary N) is 3. The molecule has 8 heteroatoms. The maximum Gasteiger partial charge on any atom is 0.287 e. The van der Waals surface area contributed by atoms with Crippen LogP contribution in [0.25, 0.3) is 0 Å². The van der Waals surface area contributed by atoms with E-state index in [1.54, 1.807) is 13.0 Å². The molecule has 2 atom stereocenters. The van der Waals surface area contributed by atoms with Crippen molar-refractivity contribution in [3.63, 3.8) is 0 Å². The molecule has 3 N–H and O–H groups in total. The number of hydrazine groups is 1. The van der Waals surface area contributed by atoms with Crippen LogP contribution in [-0.4, -0.2) is 18.1 Å². The number of aryl methyl sites for hydroxylation is 1. The Kier molecular flexibility index (Phi) is 9.36. The number of fused-ring (bicyclic) bond motifs is 1. The molecule has 4 aromatic rings. The van der Waals surface area contributed by atoms with Gasteiger partial charge in [0, 0.05) is 24.6 Å². The summed E-state index contributed by atoms with van der Waals surface area (Å²) in [7, 11) is 2.03. The van der Waals surface area contributed by atoms with Crippen molar-refractivity contribution >= 4 is 29.1 Å². The molecule has 1 heterocycles. The van der Waals surface area contributed by atoms with Crippen LogP contribution >= 0.6 is 23.2 Å². The van der Waals surface area contributed by atoms with Crippen LogP contribution in [0.2, 0.25) is 10.0 Å². The number of rotatable bonds is 6. The van der Waals surface area contributed by atoms with Gasteiger partial charge >= 0.3 is 0 Å². The summed E-state index contributed by atoms with van der Waals surface area (Å²) in [5, 5.41) is 8.27. The average molecular weight is 537 g/mol. The van der Waals surface area contributed by atoms with Gasteiger partial charge in [0.1, 0.15) is 5.76 Å². The van der Waals surface area contributed by atoms with Crippen LogP contribution in [0.15, 0.2) is 83.4 Å². The SMILES string of the molecule is CN[C@H]1CC[C@@H](c2ccc(Cl)c(Cl)c2)c2ccccc21.Cc1cc(C(=O)NNCc2ccccc2)no1. The fourth-order valence-electron chi connectivity index (χ4n) is 4.52. The second-order valence-electron chi connectivity index (χ2n) is 8.89. The number of halogens is 2. The first-order chi connectivity index (χ1) is 18.0. The summed E-state index contributed by atoms with van der Waals surface area (Å²) < 4.78 is 4.81. The molecular weight excluding hydrogens is 507 g/mol. The number of hydrogen-bond acceptors (Lipinski definition) is 5. The highest BCUT2D eigenvalue weighted by atomic mass is 35.5. The Morgan fingerprint density at radius 3 is 2.35 bits per heavy atom. The normalized spacial score (nSPS) is 16.3. The van der Waals surface area contributed by atoms with E-state index in [0.29, 0.717) is 34.3 Å². The Morgan fingerprint density at radius 1 is 0.946 bits per heavy atom. The molecule has 1 aliphatic rings. The van der Waals surface area contributed by atoms with Crippen molar-refractivity contribution in [1.29, 1.82) is 0 Å². The van der Waals surface area contributed by atoms with Crippen molar-refractivity contribution < 1.29 is 9.32 Å². The van der Waals surface area contributed by atoms with Gasteiger partial charge in [0.2, 0.25) is 0 Å². The number of hydrogen-bond donors (Lipinski definition) is 3. The molecule has 0 saturated heterocycles. The predicted octanol–water partition coefficient (Wildman–Crippen LogP) is 6.60. The molecular formula is C29H30Cl2N4O2. The summed E-state index contributed by atoms with van der Waals surface area (Å²) in [6.45, 7) is 2.30. The second-order valence-corrected chi connectivity index (χ2v) is 9.70. The highest BCUT2D eigenvalue weighted by Crippen LogP contribution is 2.42. The third-order valence-electron chi connectivity index (χ3n) is 6.38. The topological polar surface area (TPSA) is 79.2 Å². The van der Waals surface area contributed by atoms with E-state index in [2.05, 4.69) is 51.7 Å². The zero-order valence-electron chi connectivity index (χ0n) is 20.8. The van der Waals surface area contributed by atoms with Crippen molar-refractivity contribution in [3.8, 4) is 0 Å². The summed E-state index contributed by atoms with van der Waals surface area (Å²) in [5.74, 6) is 0.710. The minimum atomic E-state index is -0.308. The third-order valence-corrected chi connectivity index (χ3v) is 7.12. The Labute approximate surface area is 227 Å². The second kappa shape index (κ2) is 12.9. The molecule has 0 unspecified atom stereocenters. The lowest BCUT2D eigenvalue weighted by Crippen LogP contribution is -2.36. The first kappa shape index (κ1) is 26.9. The van der Waals surface area contributed by atoms with Gasteiger partial charge in [-0.1, -0.05) is 89.0 Å². The maximum atomic E-state index is 11.6. The van der Waals surface area contributed by atoms with Crippen LogP contribution in [0.4, 0.5) is 0 Å². The van der Waals surface area contributed by atoms with E-state index in [1.807, 2.05) is 49.5 Å². The molecule has 1 aromatic heterocycles. The lowest BCUT2D eigenvalue weighted by atomic mass is 9.77. The zero-order valence-corrected chi connectivity index (χ0v) is 22.3. The number of nitrogens with zero attached hydrogens (tertiary/aromatic N) is 1. The molecule has 0 bridgehead atoms. The quantitative estimate of drug-likeness (QED) is 0.242. The molecule has 0 aliphatic heterocycles. The molecule has 0 saturated carbocycles. The summed E-state index contributed by atoms with van der Waals surface area (Å²) in [6.07, 6.45) is 2.26. The van der Waals surface area contributed by atoms with Crippen molar-refractivity contribution in [3.05, 3.63) is 123 Å². The Hall–Kier alpha value is -3.16. The summed E-state index contributed by atoms with van der Waals surface area (Å²) >= 11 is 12.2. The molecule has 37 heavy (non-hydrogen) atoms. The average Bonchev–Trinajstić information content (AvgIpc) is 3.37. The van der Waals surface area contributed by atoms with Crippen LogP contribution < -0.4 is 16.2 Å². The van der Waals surface area contributed by atoms with Crippen LogP contribution in [0.1, 0.15) is 63.3 Å². The van der Waals surface area contributed by atoms with Crippen LogP contribution in [-0.2, 0) is 6.54 Å². The van der Waals surface area contributed by atoms with Crippen LogP contribution in [0, 0.1) is 6.92 Å². The maximum absolute atomic E-state index is 11.6. The summed E-state index contributed by atoms with van der Waals surface area (Å²) in [6, 6.07) is 26.5. The largest absolute Gasteiger partial charge is 0.361 e. The molecule has 3 aromatic carbocycles. The number of amides is 1. The van der Waals surface area contributed by atoms with E-state index in [4.69, 9.17) is 27.7 Å². The molecule has 6 nitrogen and oxygen atoms in total. The van der Waals surface area contributed by atoms with Gasteiger partial charge in [-0.15, -0.1) is 0 Å². The molecule has 192 valence electrons. The fourth-order valence-corrected chi connectivity index (χ4v) is 4.83. The van der Waals surface area contributed by atoms with Crippen molar-refractivity contribution in [2.75, 3.05) is 7.05 Å².